The maximum absolute atomic E-state index is 9.42. The molecule has 0 aliphatic carbocycles. The lowest BCUT2D eigenvalue weighted by Crippen LogP contribution is -2.00. The summed E-state index contributed by atoms with van der Waals surface area (Å²) < 4.78 is 6.03. The monoisotopic (exact) mass is 255 g/mol. The van der Waals surface area contributed by atoms with Crippen LogP contribution in [-0.4, -0.2) is 11.7 Å². The zero-order chi connectivity index (χ0) is 10.6. The van der Waals surface area contributed by atoms with Gasteiger partial charge in [-0.15, -0.1) is 0 Å². The van der Waals surface area contributed by atoms with Crippen LogP contribution in [0.3, 0.4) is 0 Å². The molecule has 0 fully saturated rings. The molecule has 0 bridgehead atoms. The summed E-state index contributed by atoms with van der Waals surface area (Å²) in [7, 11) is 0. The average molecular weight is 256 g/mol. The van der Waals surface area contributed by atoms with Gasteiger partial charge in [-0.25, -0.2) is 0 Å². The van der Waals surface area contributed by atoms with Gasteiger partial charge in [0.15, 0.2) is 6.61 Å². The third-order valence-electron chi connectivity index (χ3n) is 1.72. The summed E-state index contributed by atoms with van der Waals surface area (Å²) in [6.07, 6.45) is -0.600. The summed E-state index contributed by atoms with van der Waals surface area (Å²) in [5.41, 5.74) is 0.684. The largest absolute Gasteiger partial charge is 0.478 e. The van der Waals surface area contributed by atoms with E-state index in [0.29, 0.717) is 11.3 Å². The number of ether oxygens (including phenoxy) is 1. The molecular formula is C10H10BrNO2. The van der Waals surface area contributed by atoms with Crippen LogP contribution in [0.4, 0.5) is 0 Å². The molecule has 0 spiro atoms. The van der Waals surface area contributed by atoms with E-state index < -0.39 is 6.10 Å². The smallest absolute Gasteiger partial charge is 0.174 e. The van der Waals surface area contributed by atoms with E-state index in [1.165, 1.54) is 0 Å². The summed E-state index contributed by atoms with van der Waals surface area (Å²) in [5.74, 6) is 0.538. The highest BCUT2D eigenvalue weighted by Crippen LogP contribution is 2.28. The minimum atomic E-state index is -0.600. The van der Waals surface area contributed by atoms with Crippen molar-refractivity contribution in [3.8, 4) is 11.8 Å². The van der Waals surface area contributed by atoms with Crippen LogP contribution in [0.2, 0.25) is 0 Å². The molecule has 0 saturated heterocycles. The van der Waals surface area contributed by atoms with E-state index in [9.17, 15) is 5.11 Å². The maximum Gasteiger partial charge on any atom is 0.174 e. The quantitative estimate of drug-likeness (QED) is 0.903. The summed E-state index contributed by atoms with van der Waals surface area (Å²) in [4.78, 5) is 0. The second-order valence-corrected chi connectivity index (χ2v) is 3.72. The zero-order valence-corrected chi connectivity index (χ0v) is 9.28. The second kappa shape index (κ2) is 4.99. The molecule has 4 heteroatoms. The van der Waals surface area contributed by atoms with Gasteiger partial charge in [0.1, 0.15) is 11.8 Å². The standard InChI is InChI=1S/C10H10BrNO2/c1-7(13)9-3-2-8(11)6-10(9)14-5-4-12/h2-3,6-7,13H,5H2,1H3. The summed E-state index contributed by atoms with van der Waals surface area (Å²) in [5, 5.41) is 17.8. The Labute approximate surface area is 91.1 Å². The molecule has 1 atom stereocenters. The molecule has 1 aromatic carbocycles. The fourth-order valence-corrected chi connectivity index (χ4v) is 1.43. The molecule has 1 N–H and O–H groups in total. The molecule has 1 rings (SSSR count). The van der Waals surface area contributed by atoms with E-state index >= 15 is 0 Å². The summed E-state index contributed by atoms with van der Waals surface area (Å²) in [6.45, 7) is 1.64. The number of hydrogen-bond acceptors (Lipinski definition) is 3. The lowest BCUT2D eigenvalue weighted by atomic mass is 10.1. The Morgan fingerprint density at radius 3 is 2.93 bits per heavy atom. The van der Waals surface area contributed by atoms with E-state index in [2.05, 4.69) is 15.9 Å². The van der Waals surface area contributed by atoms with Crippen LogP contribution in [0, 0.1) is 11.3 Å². The van der Waals surface area contributed by atoms with Crippen molar-refractivity contribution in [2.24, 2.45) is 0 Å². The topological polar surface area (TPSA) is 53.2 Å². The van der Waals surface area contributed by atoms with Gasteiger partial charge >= 0.3 is 0 Å². The Bertz CT molecular complexity index is 358. The van der Waals surface area contributed by atoms with Crippen molar-refractivity contribution in [3.63, 3.8) is 0 Å². The minimum absolute atomic E-state index is 0.0177. The van der Waals surface area contributed by atoms with Crippen molar-refractivity contribution >= 4 is 15.9 Å². The Hall–Kier alpha value is -1.05. The molecule has 3 nitrogen and oxygen atoms in total. The zero-order valence-electron chi connectivity index (χ0n) is 7.70. The van der Waals surface area contributed by atoms with E-state index in [-0.39, 0.29) is 6.61 Å². The van der Waals surface area contributed by atoms with Crippen molar-refractivity contribution in [1.29, 1.82) is 5.26 Å². The highest BCUT2D eigenvalue weighted by Gasteiger charge is 2.09. The lowest BCUT2D eigenvalue weighted by Gasteiger charge is -2.11. The summed E-state index contributed by atoms with van der Waals surface area (Å²) in [6, 6.07) is 7.20. The van der Waals surface area contributed by atoms with Crippen molar-refractivity contribution < 1.29 is 9.84 Å². The number of rotatable bonds is 3. The third-order valence-corrected chi connectivity index (χ3v) is 2.21. The van der Waals surface area contributed by atoms with Gasteiger partial charge in [-0.05, 0) is 19.1 Å². The van der Waals surface area contributed by atoms with Crippen molar-refractivity contribution in [1.82, 2.24) is 0 Å². The molecule has 0 amide bonds. The molecule has 0 aromatic heterocycles. The van der Waals surface area contributed by atoms with Gasteiger partial charge in [0.25, 0.3) is 0 Å². The van der Waals surface area contributed by atoms with E-state index in [0.717, 1.165) is 4.47 Å². The first-order valence-corrected chi connectivity index (χ1v) is 4.91. The number of aliphatic hydroxyl groups excluding tert-OH is 1. The Morgan fingerprint density at radius 1 is 1.64 bits per heavy atom. The minimum Gasteiger partial charge on any atom is -0.478 e. The van der Waals surface area contributed by atoms with Gasteiger partial charge in [0.2, 0.25) is 0 Å². The van der Waals surface area contributed by atoms with Gasteiger partial charge in [0.05, 0.1) is 6.10 Å². The molecule has 0 aliphatic rings. The van der Waals surface area contributed by atoms with Crippen LogP contribution < -0.4 is 4.74 Å². The molecular weight excluding hydrogens is 246 g/mol. The van der Waals surface area contributed by atoms with Crippen LogP contribution >= 0.6 is 15.9 Å². The van der Waals surface area contributed by atoms with Gasteiger partial charge in [-0.1, -0.05) is 22.0 Å². The molecule has 14 heavy (non-hydrogen) atoms. The number of nitrogens with zero attached hydrogens (tertiary/aromatic N) is 1. The summed E-state index contributed by atoms with van der Waals surface area (Å²) >= 11 is 3.29. The molecule has 1 unspecified atom stereocenters. The van der Waals surface area contributed by atoms with Crippen molar-refractivity contribution in [3.05, 3.63) is 28.2 Å². The first-order chi connectivity index (χ1) is 6.65. The normalized spacial score (nSPS) is 11.9. The fraction of sp³-hybridized carbons (Fsp3) is 0.300. The predicted octanol–water partition coefficient (Wildman–Crippen LogP) is 2.40. The average Bonchev–Trinajstić information content (AvgIpc) is 2.14. The van der Waals surface area contributed by atoms with E-state index in [1.807, 2.05) is 12.1 Å². The number of aliphatic hydroxyl groups is 1. The van der Waals surface area contributed by atoms with Crippen LogP contribution in [0.1, 0.15) is 18.6 Å². The number of halogens is 1. The van der Waals surface area contributed by atoms with Crippen LogP contribution in [0.15, 0.2) is 22.7 Å². The molecule has 1 aromatic rings. The first-order valence-electron chi connectivity index (χ1n) is 4.12. The van der Waals surface area contributed by atoms with Gasteiger partial charge < -0.3 is 9.84 Å². The van der Waals surface area contributed by atoms with Crippen LogP contribution in [-0.2, 0) is 0 Å². The van der Waals surface area contributed by atoms with E-state index in [1.54, 1.807) is 19.1 Å². The molecule has 74 valence electrons. The van der Waals surface area contributed by atoms with Gasteiger partial charge in [0, 0.05) is 10.0 Å². The third kappa shape index (κ3) is 2.72. The highest BCUT2D eigenvalue weighted by molar-refractivity contribution is 9.10. The SMILES string of the molecule is CC(O)c1ccc(Br)cc1OCC#N. The van der Waals surface area contributed by atoms with Crippen LogP contribution in [0.25, 0.3) is 0 Å². The number of benzene rings is 1. The molecule has 0 aliphatic heterocycles. The lowest BCUT2D eigenvalue weighted by molar-refractivity contribution is 0.193. The van der Waals surface area contributed by atoms with E-state index in [4.69, 9.17) is 10.00 Å². The second-order valence-electron chi connectivity index (χ2n) is 2.80. The Kier molecular flexibility index (Phi) is 3.93. The van der Waals surface area contributed by atoms with Crippen LogP contribution in [0.5, 0.6) is 5.75 Å². The maximum atomic E-state index is 9.42. The Morgan fingerprint density at radius 2 is 2.36 bits per heavy atom. The number of hydrogen-bond donors (Lipinski definition) is 1. The molecule has 0 saturated carbocycles. The van der Waals surface area contributed by atoms with Crippen molar-refractivity contribution in [2.75, 3.05) is 6.61 Å². The van der Waals surface area contributed by atoms with Crippen molar-refractivity contribution in [2.45, 2.75) is 13.0 Å². The van der Waals surface area contributed by atoms with Gasteiger partial charge in [-0.3, -0.25) is 0 Å². The fourth-order valence-electron chi connectivity index (χ4n) is 1.09. The first kappa shape index (κ1) is 11.0. The predicted molar refractivity (Wildman–Crippen MR) is 55.9 cm³/mol. The van der Waals surface area contributed by atoms with Gasteiger partial charge in [-0.2, -0.15) is 5.26 Å². The molecule has 0 heterocycles. The number of nitriles is 1. The Balaban J connectivity index is 2.98. The highest BCUT2D eigenvalue weighted by atomic mass is 79.9. The molecule has 0 radical (unpaired) electrons.